The fraction of sp³-hybridized carbons (Fsp3) is 0.222. The van der Waals surface area contributed by atoms with Gasteiger partial charge in [0.15, 0.2) is 0 Å². The number of benzene rings is 1. The Morgan fingerprint density at radius 2 is 1.78 bits per heavy atom. The third-order valence-electron chi connectivity index (χ3n) is 6.35. The van der Waals surface area contributed by atoms with Gasteiger partial charge in [-0.2, -0.15) is 0 Å². The van der Waals surface area contributed by atoms with E-state index in [1.54, 1.807) is 36.9 Å². The number of hydrogen-bond donors (Lipinski definition) is 1. The second-order valence-electron chi connectivity index (χ2n) is 8.53. The maximum atomic E-state index is 13.3. The Labute approximate surface area is 214 Å². The van der Waals surface area contributed by atoms with Gasteiger partial charge in [-0.1, -0.05) is 30.7 Å². The summed E-state index contributed by atoms with van der Waals surface area (Å²) in [5.74, 6) is 1.30. The van der Waals surface area contributed by atoms with Crippen molar-refractivity contribution in [2.75, 3.05) is 36.8 Å². The van der Waals surface area contributed by atoms with Crippen molar-refractivity contribution in [2.24, 2.45) is 0 Å². The van der Waals surface area contributed by atoms with Crippen LogP contribution in [0.5, 0.6) is 0 Å². The van der Waals surface area contributed by atoms with Crippen LogP contribution in [0.3, 0.4) is 0 Å². The van der Waals surface area contributed by atoms with Crippen LogP contribution in [-0.4, -0.2) is 56.9 Å². The van der Waals surface area contributed by atoms with Gasteiger partial charge >= 0.3 is 0 Å². The largest absolute Gasteiger partial charge is 0.384 e. The fourth-order valence-electron chi connectivity index (χ4n) is 4.45. The predicted molar refractivity (Wildman–Crippen MR) is 142 cm³/mol. The molecule has 2 N–H and O–H groups in total. The quantitative estimate of drug-likeness (QED) is 0.435. The minimum absolute atomic E-state index is 0.0767. The number of hydrogen-bond acceptors (Lipinski definition) is 7. The number of pyridine rings is 2. The lowest BCUT2D eigenvalue weighted by molar-refractivity contribution is 0.0746. The molecule has 1 fully saturated rings. The normalized spacial score (nSPS) is 13.6. The summed E-state index contributed by atoms with van der Waals surface area (Å²) >= 11 is 6.67. The van der Waals surface area contributed by atoms with Crippen molar-refractivity contribution < 1.29 is 4.79 Å². The molecule has 1 amide bonds. The summed E-state index contributed by atoms with van der Waals surface area (Å²) in [7, 11) is 0. The van der Waals surface area contributed by atoms with Crippen LogP contribution in [0.1, 0.15) is 23.0 Å². The zero-order valence-corrected chi connectivity index (χ0v) is 20.7. The third kappa shape index (κ3) is 4.72. The van der Waals surface area contributed by atoms with Crippen LogP contribution in [0.2, 0.25) is 5.02 Å². The van der Waals surface area contributed by atoms with E-state index in [1.807, 2.05) is 42.2 Å². The predicted octanol–water partition coefficient (Wildman–Crippen LogP) is 4.36. The van der Waals surface area contributed by atoms with Crippen LogP contribution in [-0.2, 0) is 6.42 Å². The van der Waals surface area contributed by atoms with Gasteiger partial charge < -0.3 is 15.5 Å². The monoisotopic (exact) mass is 499 g/mol. The van der Waals surface area contributed by atoms with E-state index in [0.717, 1.165) is 53.4 Å². The first-order valence-corrected chi connectivity index (χ1v) is 12.2. The van der Waals surface area contributed by atoms with Crippen LogP contribution < -0.4 is 10.6 Å². The molecule has 0 bridgehead atoms. The Morgan fingerprint density at radius 1 is 0.972 bits per heavy atom. The number of anilines is 2. The van der Waals surface area contributed by atoms with E-state index in [9.17, 15) is 4.79 Å². The molecule has 0 unspecified atom stereocenters. The van der Waals surface area contributed by atoms with E-state index in [2.05, 4.69) is 24.8 Å². The van der Waals surface area contributed by atoms with Crippen molar-refractivity contribution in [3.63, 3.8) is 0 Å². The molecule has 5 rings (SSSR count). The highest BCUT2D eigenvalue weighted by molar-refractivity contribution is 6.34. The maximum absolute atomic E-state index is 13.3. The lowest BCUT2D eigenvalue weighted by Crippen LogP contribution is -2.49. The van der Waals surface area contributed by atoms with Crippen LogP contribution in [0.4, 0.5) is 11.6 Å². The Morgan fingerprint density at radius 3 is 2.44 bits per heavy atom. The molecule has 0 atom stereocenters. The van der Waals surface area contributed by atoms with Gasteiger partial charge in [0.25, 0.3) is 5.91 Å². The minimum atomic E-state index is -0.0767. The molecule has 1 aliphatic heterocycles. The molecule has 4 heterocycles. The van der Waals surface area contributed by atoms with Crippen molar-refractivity contribution in [1.82, 2.24) is 24.8 Å². The van der Waals surface area contributed by atoms with Crippen molar-refractivity contribution >= 4 is 29.1 Å². The number of nitrogens with two attached hydrogens (primary N) is 1. The van der Waals surface area contributed by atoms with E-state index in [0.29, 0.717) is 29.5 Å². The van der Waals surface area contributed by atoms with E-state index < -0.39 is 0 Å². The van der Waals surface area contributed by atoms with Gasteiger partial charge in [-0.3, -0.25) is 4.79 Å². The first-order valence-electron chi connectivity index (χ1n) is 11.9. The second kappa shape index (κ2) is 10.3. The zero-order chi connectivity index (χ0) is 25.1. The highest BCUT2D eigenvalue weighted by Gasteiger charge is 2.25. The molecule has 0 spiro atoms. The fourth-order valence-corrected chi connectivity index (χ4v) is 4.71. The molecule has 4 aromatic rings. The highest BCUT2D eigenvalue weighted by atomic mass is 35.5. The van der Waals surface area contributed by atoms with Gasteiger partial charge in [0.1, 0.15) is 18.0 Å². The van der Waals surface area contributed by atoms with Gasteiger partial charge in [0.2, 0.25) is 0 Å². The molecular formula is C27H26ClN7O. The van der Waals surface area contributed by atoms with Crippen molar-refractivity contribution in [3.8, 4) is 22.4 Å². The van der Waals surface area contributed by atoms with Gasteiger partial charge in [0, 0.05) is 55.3 Å². The number of nitrogen functional groups attached to an aromatic ring is 1. The number of nitrogens with zero attached hydrogens (tertiary/aromatic N) is 6. The number of halogens is 1. The van der Waals surface area contributed by atoms with E-state index >= 15 is 0 Å². The summed E-state index contributed by atoms with van der Waals surface area (Å²) in [6, 6.07) is 15.0. The first-order chi connectivity index (χ1) is 17.5. The number of carbonyl (C=O) groups is 1. The van der Waals surface area contributed by atoms with Gasteiger partial charge in [-0.15, -0.1) is 0 Å². The average molecular weight is 500 g/mol. The van der Waals surface area contributed by atoms with Gasteiger partial charge in [-0.25, -0.2) is 19.9 Å². The summed E-state index contributed by atoms with van der Waals surface area (Å²) < 4.78 is 0. The average Bonchev–Trinajstić information content (AvgIpc) is 2.93. The molecule has 1 saturated heterocycles. The number of aryl methyl sites for hydroxylation is 1. The number of rotatable bonds is 5. The molecule has 0 radical (unpaired) electrons. The Bertz CT molecular complexity index is 1370. The summed E-state index contributed by atoms with van der Waals surface area (Å²) in [5, 5.41) is 0.391. The Balaban J connectivity index is 1.39. The SMILES string of the molecule is CCc1ncnc(-c2ccc(C(=O)N3CCN(c4ccccn4)CC3)c(Cl)c2)c1-c1ccc(N)nc1. The standard InChI is InChI=1S/C27H26ClN7O/c1-2-22-25(19-7-9-23(29)31-16-19)26(33-17-32-22)18-6-8-20(21(28)15-18)27(36)35-13-11-34(12-14-35)24-5-3-4-10-30-24/h3-10,15-17H,2,11-14H2,1H3,(H2,29,31). The van der Waals surface area contributed by atoms with Crippen LogP contribution in [0, 0.1) is 0 Å². The molecule has 1 aromatic carbocycles. The Hall–Kier alpha value is -4.04. The summed E-state index contributed by atoms with van der Waals surface area (Å²) in [5.41, 5.74) is 10.5. The molecule has 1 aliphatic rings. The molecule has 182 valence electrons. The van der Waals surface area contributed by atoms with Crippen molar-refractivity contribution in [3.05, 3.63) is 83.5 Å². The second-order valence-corrected chi connectivity index (χ2v) is 8.94. The van der Waals surface area contributed by atoms with Gasteiger partial charge in [-0.05, 0) is 42.8 Å². The van der Waals surface area contributed by atoms with E-state index in [4.69, 9.17) is 17.3 Å². The number of carbonyl (C=O) groups excluding carboxylic acids is 1. The molecule has 0 aliphatic carbocycles. The molecular weight excluding hydrogens is 474 g/mol. The zero-order valence-electron chi connectivity index (χ0n) is 19.9. The molecule has 8 nitrogen and oxygen atoms in total. The third-order valence-corrected chi connectivity index (χ3v) is 6.66. The van der Waals surface area contributed by atoms with Crippen molar-refractivity contribution in [1.29, 1.82) is 0 Å². The number of piperazine rings is 1. The lowest BCUT2D eigenvalue weighted by atomic mass is 9.97. The van der Waals surface area contributed by atoms with E-state index in [1.165, 1.54) is 0 Å². The van der Waals surface area contributed by atoms with E-state index in [-0.39, 0.29) is 5.91 Å². The molecule has 36 heavy (non-hydrogen) atoms. The lowest BCUT2D eigenvalue weighted by Gasteiger charge is -2.35. The van der Waals surface area contributed by atoms with Crippen LogP contribution >= 0.6 is 11.6 Å². The van der Waals surface area contributed by atoms with Crippen molar-refractivity contribution in [2.45, 2.75) is 13.3 Å². The summed E-state index contributed by atoms with van der Waals surface area (Å²) in [6.45, 7) is 4.69. The Kier molecular flexibility index (Phi) is 6.77. The molecule has 0 saturated carbocycles. The first kappa shape index (κ1) is 23.7. The van der Waals surface area contributed by atoms with Crippen LogP contribution in [0.15, 0.2) is 67.3 Å². The van der Waals surface area contributed by atoms with Gasteiger partial charge in [0.05, 0.1) is 22.0 Å². The molecule has 9 heteroatoms. The maximum Gasteiger partial charge on any atom is 0.255 e. The number of aromatic nitrogens is 4. The smallest absolute Gasteiger partial charge is 0.255 e. The minimum Gasteiger partial charge on any atom is -0.384 e. The number of amides is 1. The highest BCUT2D eigenvalue weighted by Crippen LogP contribution is 2.34. The summed E-state index contributed by atoms with van der Waals surface area (Å²) in [6.07, 6.45) is 5.78. The molecule has 3 aromatic heterocycles. The summed E-state index contributed by atoms with van der Waals surface area (Å²) in [4.78, 5) is 35.0. The topological polar surface area (TPSA) is 101 Å². The van der Waals surface area contributed by atoms with Crippen LogP contribution in [0.25, 0.3) is 22.4 Å².